The first-order valence-corrected chi connectivity index (χ1v) is 9.00. The Kier molecular flexibility index (Phi) is 3.80. The maximum absolute atomic E-state index is 13.1. The van der Waals surface area contributed by atoms with Crippen LogP contribution in [0.15, 0.2) is 51.7 Å². The Bertz CT molecular complexity index is 1040. The molecule has 0 bridgehead atoms. The van der Waals surface area contributed by atoms with Crippen molar-refractivity contribution >= 4 is 38.6 Å². The lowest BCUT2D eigenvalue weighted by molar-refractivity contribution is -0.121. The molecule has 0 spiro atoms. The number of carbonyl (C=O) groups excluding carboxylic acids is 1. The van der Waals surface area contributed by atoms with Crippen molar-refractivity contribution in [1.82, 2.24) is 9.13 Å². The standard InChI is InChI=1S/C19H18BrN3O2/c1-21(14-6-4-3-5-7-14)18(24)15-9-8-12-10-13(20)11-16-17(12)23(15)19(25)22(16)2/h3-7,10-11,15H,8-9H2,1-2H3. The predicted octanol–water partition coefficient (Wildman–Crippen LogP) is 3.25. The van der Waals surface area contributed by atoms with E-state index in [1.165, 1.54) is 0 Å². The van der Waals surface area contributed by atoms with Crippen LogP contribution in [-0.4, -0.2) is 22.1 Å². The number of halogens is 1. The van der Waals surface area contributed by atoms with Crippen LogP contribution in [0.5, 0.6) is 0 Å². The second-order valence-corrected chi connectivity index (χ2v) is 7.35. The molecule has 1 aliphatic rings. The first-order chi connectivity index (χ1) is 12.0. The zero-order valence-corrected chi connectivity index (χ0v) is 15.7. The van der Waals surface area contributed by atoms with E-state index >= 15 is 0 Å². The summed E-state index contributed by atoms with van der Waals surface area (Å²) in [6.45, 7) is 0. The topological polar surface area (TPSA) is 47.2 Å². The van der Waals surface area contributed by atoms with Crippen LogP contribution in [-0.2, 0) is 18.3 Å². The molecule has 6 heteroatoms. The number of aromatic nitrogens is 2. The molecule has 2 aromatic carbocycles. The number of hydrogen-bond acceptors (Lipinski definition) is 2. The van der Waals surface area contributed by atoms with Crippen LogP contribution in [0.3, 0.4) is 0 Å². The highest BCUT2D eigenvalue weighted by Gasteiger charge is 2.32. The number of amides is 1. The van der Waals surface area contributed by atoms with Crippen molar-refractivity contribution in [3.63, 3.8) is 0 Å². The number of benzene rings is 2. The summed E-state index contributed by atoms with van der Waals surface area (Å²) in [5.74, 6) is -0.0608. The summed E-state index contributed by atoms with van der Waals surface area (Å²) >= 11 is 3.51. The highest BCUT2D eigenvalue weighted by Crippen LogP contribution is 2.33. The summed E-state index contributed by atoms with van der Waals surface area (Å²) in [5, 5.41) is 0. The number of carbonyl (C=O) groups is 1. The summed E-state index contributed by atoms with van der Waals surface area (Å²) in [4.78, 5) is 27.6. The van der Waals surface area contributed by atoms with Crippen LogP contribution in [0.4, 0.5) is 5.69 Å². The van der Waals surface area contributed by atoms with Crippen molar-refractivity contribution in [3.05, 3.63) is 63.0 Å². The maximum atomic E-state index is 13.1. The van der Waals surface area contributed by atoms with Gasteiger partial charge in [0.05, 0.1) is 11.0 Å². The number of imidazole rings is 1. The van der Waals surface area contributed by atoms with Crippen LogP contribution >= 0.6 is 15.9 Å². The Morgan fingerprint density at radius 1 is 1.24 bits per heavy atom. The van der Waals surface area contributed by atoms with Crippen molar-refractivity contribution in [2.75, 3.05) is 11.9 Å². The second kappa shape index (κ2) is 5.88. The molecule has 4 rings (SSSR count). The molecule has 25 heavy (non-hydrogen) atoms. The molecule has 3 aromatic rings. The van der Waals surface area contributed by atoms with Crippen LogP contribution in [0.25, 0.3) is 11.0 Å². The fourth-order valence-corrected chi connectivity index (χ4v) is 4.16. The Labute approximate surface area is 153 Å². The van der Waals surface area contributed by atoms with E-state index in [1.54, 1.807) is 28.1 Å². The van der Waals surface area contributed by atoms with Crippen LogP contribution < -0.4 is 10.6 Å². The quantitative estimate of drug-likeness (QED) is 0.663. The molecule has 0 aliphatic carbocycles. The molecule has 1 unspecified atom stereocenters. The molecule has 1 aromatic heterocycles. The molecule has 0 fully saturated rings. The number of nitrogens with zero attached hydrogens (tertiary/aromatic N) is 3. The van der Waals surface area contributed by atoms with Gasteiger partial charge in [-0.15, -0.1) is 0 Å². The van der Waals surface area contributed by atoms with Crippen molar-refractivity contribution in [1.29, 1.82) is 0 Å². The molecule has 1 amide bonds. The van der Waals surface area contributed by atoms with E-state index in [4.69, 9.17) is 0 Å². The third-order valence-electron chi connectivity index (χ3n) is 4.99. The van der Waals surface area contributed by atoms with Gasteiger partial charge in [-0.05, 0) is 42.7 Å². The van der Waals surface area contributed by atoms with Gasteiger partial charge < -0.3 is 4.90 Å². The molecule has 5 nitrogen and oxygen atoms in total. The van der Waals surface area contributed by atoms with Gasteiger partial charge in [0.15, 0.2) is 0 Å². The van der Waals surface area contributed by atoms with Gasteiger partial charge in [-0.3, -0.25) is 13.9 Å². The van der Waals surface area contributed by atoms with Crippen molar-refractivity contribution in [2.24, 2.45) is 7.05 Å². The molecule has 0 saturated heterocycles. The lowest BCUT2D eigenvalue weighted by atomic mass is 9.98. The largest absolute Gasteiger partial charge is 0.329 e. The maximum Gasteiger partial charge on any atom is 0.329 e. The summed E-state index contributed by atoms with van der Waals surface area (Å²) in [6.07, 6.45) is 1.40. The normalized spacial score (nSPS) is 16.2. The van der Waals surface area contributed by atoms with Gasteiger partial charge in [0, 0.05) is 24.3 Å². The summed E-state index contributed by atoms with van der Waals surface area (Å²) < 4.78 is 4.24. The molecule has 128 valence electrons. The first kappa shape index (κ1) is 16.1. The van der Waals surface area contributed by atoms with E-state index in [0.717, 1.165) is 33.2 Å². The van der Waals surface area contributed by atoms with Crippen molar-refractivity contribution in [2.45, 2.75) is 18.9 Å². The smallest absolute Gasteiger partial charge is 0.314 e. The van der Waals surface area contributed by atoms with E-state index < -0.39 is 6.04 Å². The van der Waals surface area contributed by atoms with E-state index in [1.807, 2.05) is 42.5 Å². The number of para-hydroxylation sites is 1. The number of rotatable bonds is 2. The summed E-state index contributed by atoms with van der Waals surface area (Å²) in [7, 11) is 3.52. The lowest BCUT2D eigenvalue weighted by Crippen LogP contribution is -2.40. The van der Waals surface area contributed by atoms with Crippen LogP contribution in [0.1, 0.15) is 18.0 Å². The minimum Gasteiger partial charge on any atom is -0.314 e. The SMILES string of the molecule is CN(C(=O)C1CCc2cc(Br)cc3c2n1c(=O)n3C)c1ccccc1. The minimum atomic E-state index is -0.477. The average molecular weight is 400 g/mol. The highest BCUT2D eigenvalue weighted by atomic mass is 79.9. The summed E-state index contributed by atoms with van der Waals surface area (Å²) in [5.41, 5.74) is 3.52. The molecule has 0 saturated carbocycles. The van der Waals surface area contributed by atoms with Gasteiger partial charge in [-0.25, -0.2) is 4.79 Å². The van der Waals surface area contributed by atoms with Crippen LogP contribution in [0, 0.1) is 0 Å². The average Bonchev–Trinajstić information content (AvgIpc) is 2.88. The minimum absolute atomic E-state index is 0.0608. The number of likely N-dealkylation sites (N-methyl/N-ethyl adjacent to an activating group) is 1. The zero-order valence-electron chi connectivity index (χ0n) is 14.1. The van der Waals surface area contributed by atoms with Gasteiger partial charge in [-0.2, -0.15) is 0 Å². The molecule has 1 aliphatic heterocycles. The zero-order chi connectivity index (χ0) is 17.7. The van der Waals surface area contributed by atoms with Gasteiger partial charge in [0.25, 0.3) is 0 Å². The molecule has 2 heterocycles. The number of anilines is 1. The van der Waals surface area contributed by atoms with Gasteiger partial charge in [-0.1, -0.05) is 34.1 Å². The molecule has 1 atom stereocenters. The lowest BCUT2D eigenvalue weighted by Gasteiger charge is -2.28. The Balaban J connectivity index is 1.85. The van der Waals surface area contributed by atoms with Crippen LogP contribution in [0.2, 0.25) is 0 Å². The Morgan fingerprint density at radius 2 is 1.96 bits per heavy atom. The first-order valence-electron chi connectivity index (χ1n) is 8.21. The number of hydrogen-bond donors (Lipinski definition) is 0. The predicted molar refractivity (Wildman–Crippen MR) is 102 cm³/mol. The number of aryl methyl sites for hydroxylation is 2. The van der Waals surface area contributed by atoms with E-state index in [0.29, 0.717) is 6.42 Å². The fourth-order valence-electron chi connectivity index (χ4n) is 3.67. The Morgan fingerprint density at radius 3 is 2.68 bits per heavy atom. The Hall–Kier alpha value is -2.34. The van der Waals surface area contributed by atoms with E-state index in [-0.39, 0.29) is 11.6 Å². The van der Waals surface area contributed by atoms with Gasteiger partial charge in [0.2, 0.25) is 5.91 Å². The van der Waals surface area contributed by atoms with Gasteiger partial charge >= 0.3 is 5.69 Å². The molecular formula is C19H18BrN3O2. The second-order valence-electron chi connectivity index (χ2n) is 6.43. The fraction of sp³-hybridized carbons (Fsp3) is 0.263. The van der Waals surface area contributed by atoms with Crippen molar-refractivity contribution in [3.8, 4) is 0 Å². The van der Waals surface area contributed by atoms with Gasteiger partial charge in [0.1, 0.15) is 6.04 Å². The molecule has 0 radical (unpaired) electrons. The van der Waals surface area contributed by atoms with Crippen molar-refractivity contribution < 1.29 is 4.79 Å². The monoisotopic (exact) mass is 399 g/mol. The summed E-state index contributed by atoms with van der Waals surface area (Å²) in [6, 6.07) is 13.0. The highest BCUT2D eigenvalue weighted by molar-refractivity contribution is 9.10. The molecular weight excluding hydrogens is 382 g/mol. The molecule has 0 N–H and O–H groups in total. The van der Waals surface area contributed by atoms with E-state index in [2.05, 4.69) is 15.9 Å². The third kappa shape index (κ3) is 2.43. The van der Waals surface area contributed by atoms with E-state index in [9.17, 15) is 9.59 Å². The third-order valence-corrected chi connectivity index (χ3v) is 5.44.